The summed E-state index contributed by atoms with van der Waals surface area (Å²) < 4.78 is 8.75. The van der Waals surface area contributed by atoms with E-state index in [2.05, 4.69) is 28.3 Å². The second kappa shape index (κ2) is 12.0. The summed E-state index contributed by atoms with van der Waals surface area (Å²) in [5, 5.41) is 3.09. The van der Waals surface area contributed by atoms with Crippen molar-refractivity contribution >= 4 is 28.8 Å². The summed E-state index contributed by atoms with van der Waals surface area (Å²) in [5.41, 5.74) is 3.23. The number of anilines is 1. The fourth-order valence-electron chi connectivity index (χ4n) is 5.80. The molecular formula is C31H39N5O3. The van der Waals surface area contributed by atoms with E-state index >= 15 is 0 Å². The molecule has 0 unspecified atom stereocenters. The standard InChI is InChI=1S/C31H39N5O3/c1-4-28(37)35-17-7-6-12-24(21-35)36-29-26(32-31(36)33-30(38)23-11-8-10-22(3)20-23)13-9-14-27(29)39-25-15-18-34(5-2)19-16-25/h4,8-11,13-14,20,24-25H,1,5-7,12,15-19,21H2,2-3H3,(H,32,33,38)/t24-/m1/s1. The van der Waals surface area contributed by atoms with Crippen LogP contribution in [-0.2, 0) is 4.79 Å². The average Bonchev–Trinajstić information content (AvgIpc) is 3.14. The van der Waals surface area contributed by atoms with E-state index in [9.17, 15) is 9.59 Å². The van der Waals surface area contributed by atoms with Crippen molar-refractivity contribution in [1.29, 1.82) is 0 Å². The number of aromatic nitrogens is 2. The Morgan fingerprint density at radius 3 is 2.64 bits per heavy atom. The predicted molar refractivity (Wildman–Crippen MR) is 154 cm³/mol. The van der Waals surface area contributed by atoms with Gasteiger partial charge in [-0.25, -0.2) is 4.98 Å². The average molecular weight is 530 g/mol. The van der Waals surface area contributed by atoms with Gasteiger partial charge in [-0.15, -0.1) is 0 Å². The zero-order valence-electron chi connectivity index (χ0n) is 23.1. The lowest BCUT2D eigenvalue weighted by Gasteiger charge is -2.31. The zero-order chi connectivity index (χ0) is 27.4. The van der Waals surface area contributed by atoms with Gasteiger partial charge in [0.2, 0.25) is 11.9 Å². The molecule has 2 aromatic carbocycles. The lowest BCUT2D eigenvalue weighted by Crippen LogP contribution is -2.38. The Morgan fingerprint density at radius 2 is 1.90 bits per heavy atom. The first kappa shape index (κ1) is 26.9. The van der Waals surface area contributed by atoms with E-state index in [-0.39, 0.29) is 24.0 Å². The Hall–Kier alpha value is -3.65. The maximum Gasteiger partial charge on any atom is 0.257 e. The number of nitrogens with one attached hydrogen (secondary N) is 1. The van der Waals surface area contributed by atoms with Gasteiger partial charge in [-0.2, -0.15) is 0 Å². The quantitative estimate of drug-likeness (QED) is 0.426. The van der Waals surface area contributed by atoms with Gasteiger partial charge in [-0.05, 0) is 75.9 Å². The van der Waals surface area contributed by atoms with Crippen molar-refractivity contribution in [3.63, 3.8) is 0 Å². The van der Waals surface area contributed by atoms with Crippen molar-refractivity contribution < 1.29 is 14.3 Å². The number of imidazole rings is 1. The molecule has 0 aliphatic carbocycles. The number of fused-ring (bicyclic) bond motifs is 1. The van der Waals surface area contributed by atoms with E-state index in [1.165, 1.54) is 6.08 Å². The zero-order valence-corrected chi connectivity index (χ0v) is 23.1. The Kier molecular flexibility index (Phi) is 8.31. The van der Waals surface area contributed by atoms with Gasteiger partial charge in [0.25, 0.3) is 5.91 Å². The molecular weight excluding hydrogens is 490 g/mol. The minimum atomic E-state index is -0.211. The molecule has 3 heterocycles. The van der Waals surface area contributed by atoms with Crippen LogP contribution in [0.4, 0.5) is 5.95 Å². The number of hydrogen-bond acceptors (Lipinski definition) is 5. The summed E-state index contributed by atoms with van der Waals surface area (Å²) in [7, 11) is 0. The minimum absolute atomic E-state index is 0.0686. The molecule has 8 heteroatoms. The van der Waals surface area contributed by atoms with E-state index in [1.54, 1.807) is 0 Å². The molecule has 206 valence electrons. The van der Waals surface area contributed by atoms with Crippen LogP contribution in [-0.4, -0.2) is 70.0 Å². The summed E-state index contributed by atoms with van der Waals surface area (Å²) in [6.45, 7) is 12.2. The maximum absolute atomic E-state index is 13.3. The van der Waals surface area contributed by atoms with Crippen LogP contribution in [0.3, 0.4) is 0 Å². The number of ether oxygens (including phenoxy) is 1. The number of para-hydroxylation sites is 1. The number of nitrogens with zero attached hydrogens (tertiary/aromatic N) is 4. The van der Waals surface area contributed by atoms with E-state index < -0.39 is 0 Å². The summed E-state index contributed by atoms with van der Waals surface area (Å²) in [6, 6.07) is 13.4. The first-order valence-corrected chi connectivity index (χ1v) is 14.2. The lowest BCUT2D eigenvalue weighted by molar-refractivity contribution is -0.126. The van der Waals surface area contributed by atoms with Crippen LogP contribution >= 0.6 is 0 Å². The minimum Gasteiger partial charge on any atom is -0.488 e. The van der Waals surface area contributed by atoms with Crippen LogP contribution in [0.2, 0.25) is 0 Å². The SMILES string of the molecule is C=CC(=O)N1CCCC[C@@H](n2c(NC(=O)c3cccc(C)c3)nc3cccc(OC4CCN(CC)CC4)c32)C1. The second-order valence-corrected chi connectivity index (χ2v) is 10.6. The highest BCUT2D eigenvalue weighted by Crippen LogP contribution is 2.36. The fraction of sp³-hybridized carbons (Fsp3) is 0.452. The van der Waals surface area contributed by atoms with Gasteiger partial charge in [0.05, 0.1) is 11.6 Å². The molecule has 0 radical (unpaired) electrons. The number of amides is 2. The van der Waals surface area contributed by atoms with Crippen LogP contribution in [0.5, 0.6) is 5.75 Å². The summed E-state index contributed by atoms with van der Waals surface area (Å²) in [4.78, 5) is 35.2. The first-order chi connectivity index (χ1) is 19.0. The summed E-state index contributed by atoms with van der Waals surface area (Å²) in [6.07, 6.45) is 6.21. The number of rotatable bonds is 7. The Morgan fingerprint density at radius 1 is 1.10 bits per heavy atom. The Bertz CT molecular complexity index is 1340. The van der Waals surface area contributed by atoms with Crippen molar-refractivity contribution in [1.82, 2.24) is 19.4 Å². The molecule has 0 saturated carbocycles. The molecule has 2 aliphatic heterocycles. The molecule has 1 atom stereocenters. The van der Waals surface area contributed by atoms with Crippen LogP contribution in [0.25, 0.3) is 11.0 Å². The third kappa shape index (κ3) is 6.01. The molecule has 39 heavy (non-hydrogen) atoms. The molecule has 2 amide bonds. The Labute approximate surface area is 230 Å². The van der Waals surface area contributed by atoms with Gasteiger partial charge in [0, 0.05) is 31.7 Å². The lowest BCUT2D eigenvalue weighted by atomic mass is 10.1. The van der Waals surface area contributed by atoms with Gasteiger partial charge in [-0.1, -0.05) is 37.3 Å². The highest BCUT2D eigenvalue weighted by Gasteiger charge is 2.29. The van der Waals surface area contributed by atoms with Crippen LogP contribution in [0.15, 0.2) is 55.1 Å². The topological polar surface area (TPSA) is 79.7 Å². The second-order valence-electron chi connectivity index (χ2n) is 10.6. The van der Waals surface area contributed by atoms with Crippen LogP contribution in [0.1, 0.15) is 61.0 Å². The molecule has 3 aromatic rings. The van der Waals surface area contributed by atoms with Gasteiger partial charge in [-0.3, -0.25) is 14.9 Å². The third-order valence-electron chi connectivity index (χ3n) is 7.95. The number of carbonyl (C=O) groups is 2. The summed E-state index contributed by atoms with van der Waals surface area (Å²) in [5.74, 6) is 0.969. The largest absolute Gasteiger partial charge is 0.488 e. The van der Waals surface area contributed by atoms with E-state index in [1.807, 2.05) is 54.3 Å². The number of hydrogen-bond donors (Lipinski definition) is 1. The van der Waals surface area contributed by atoms with Crippen molar-refractivity contribution in [2.24, 2.45) is 0 Å². The maximum atomic E-state index is 13.3. The number of piperidine rings is 1. The molecule has 2 aliphatic rings. The molecule has 5 rings (SSSR count). The van der Waals surface area contributed by atoms with Gasteiger partial charge in [0.1, 0.15) is 17.4 Å². The smallest absolute Gasteiger partial charge is 0.257 e. The fourth-order valence-corrected chi connectivity index (χ4v) is 5.80. The van der Waals surface area contributed by atoms with Crippen molar-refractivity contribution in [3.8, 4) is 5.75 Å². The normalized spacial score (nSPS) is 19.0. The highest BCUT2D eigenvalue weighted by atomic mass is 16.5. The first-order valence-electron chi connectivity index (χ1n) is 14.2. The van der Waals surface area contributed by atoms with Gasteiger partial charge >= 0.3 is 0 Å². The molecule has 8 nitrogen and oxygen atoms in total. The van der Waals surface area contributed by atoms with Gasteiger partial charge < -0.3 is 19.1 Å². The Balaban J connectivity index is 1.54. The number of benzene rings is 2. The van der Waals surface area contributed by atoms with E-state index in [4.69, 9.17) is 9.72 Å². The van der Waals surface area contributed by atoms with Crippen molar-refractivity contribution in [2.45, 2.75) is 58.1 Å². The third-order valence-corrected chi connectivity index (χ3v) is 7.95. The molecule has 1 aromatic heterocycles. The molecule has 0 spiro atoms. The van der Waals surface area contributed by atoms with Gasteiger partial charge in [0.15, 0.2) is 0 Å². The van der Waals surface area contributed by atoms with Crippen LogP contribution < -0.4 is 10.1 Å². The number of likely N-dealkylation sites (tertiary alicyclic amines) is 2. The van der Waals surface area contributed by atoms with Crippen LogP contribution in [0, 0.1) is 6.92 Å². The predicted octanol–water partition coefficient (Wildman–Crippen LogP) is 5.20. The molecule has 2 fully saturated rings. The molecule has 1 N–H and O–H groups in total. The van der Waals surface area contributed by atoms with E-state index in [0.717, 1.165) is 74.1 Å². The summed E-state index contributed by atoms with van der Waals surface area (Å²) >= 11 is 0. The number of aryl methyl sites for hydroxylation is 1. The highest BCUT2D eigenvalue weighted by molar-refractivity contribution is 6.04. The molecule has 0 bridgehead atoms. The molecule has 2 saturated heterocycles. The van der Waals surface area contributed by atoms with Crippen molar-refractivity contribution in [2.75, 3.05) is 38.0 Å². The van der Waals surface area contributed by atoms with E-state index in [0.29, 0.717) is 24.6 Å². The van der Waals surface area contributed by atoms with Crippen molar-refractivity contribution in [3.05, 3.63) is 66.2 Å². The monoisotopic (exact) mass is 529 g/mol. The number of carbonyl (C=O) groups excluding carboxylic acids is 2.